The maximum atomic E-state index is 6.08. The molecule has 1 aromatic rings. The molecule has 0 unspecified atom stereocenters. The zero-order valence-corrected chi connectivity index (χ0v) is 14.8. The van der Waals surface area contributed by atoms with Crippen molar-refractivity contribution in [3.8, 4) is 0 Å². The van der Waals surface area contributed by atoms with Gasteiger partial charge in [-0.3, -0.25) is 0 Å². The molecule has 2 rings (SSSR count). The molecule has 1 aliphatic heterocycles. The molecule has 1 heterocycles. The predicted octanol–water partition coefficient (Wildman–Crippen LogP) is 4.79. The molecule has 1 N–H and O–H groups in total. The third-order valence-electron chi connectivity index (χ3n) is 5.72. The van der Waals surface area contributed by atoms with Crippen molar-refractivity contribution in [2.45, 2.75) is 65.5 Å². The molecule has 124 valence electrons. The Morgan fingerprint density at radius 3 is 2.59 bits per heavy atom. The Balaban J connectivity index is 1.89. The molecular formula is C20H33NO. The van der Waals surface area contributed by atoms with Crippen LogP contribution in [0.15, 0.2) is 30.3 Å². The van der Waals surface area contributed by atoms with Gasteiger partial charge in [0.2, 0.25) is 0 Å². The van der Waals surface area contributed by atoms with Crippen molar-refractivity contribution in [2.75, 3.05) is 13.2 Å². The van der Waals surface area contributed by atoms with Crippen molar-refractivity contribution >= 4 is 0 Å². The number of benzene rings is 1. The zero-order chi connectivity index (χ0) is 16.1. The highest BCUT2D eigenvalue weighted by Gasteiger charge is 2.43. The highest BCUT2D eigenvalue weighted by atomic mass is 16.5. The fraction of sp³-hybridized carbons (Fsp3) is 0.700. The first-order valence-corrected chi connectivity index (χ1v) is 8.88. The summed E-state index contributed by atoms with van der Waals surface area (Å²) in [5.41, 5.74) is 1.86. The van der Waals surface area contributed by atoms with Crippen LogP contribution in [0.1, 0.15) is 58.9 Å². The monoisotopic (exact) mass is 303 g/mol. The minimum Gasteiger partial charge on any atom is -0.375 e. The summed E-state index contributed by atoms with van der Waals surface area (Å²) in [7, 11) is 0. The second-order valence-corrected chi connectivity index (χ2v) is 7.51. The van der Waals surface area contributed by atoms with Gasteiger partial charge in [0.1, 0.15) is 0 Å². The maximum Gasteiger partial charge on any atom is 0.0657 e. The van der Waals surface area contributed by atoms with Gasteiger partial charge in [-0.2, -0.15) is 0 Å². The molecule has 0 radical (unpaired) electrons. The Morgan fingerprint density at radius 2 is 1.95 bits per heavy atom. The molecule has 0 saturated carbocycles. The fourth-order valence-electron chi connectivity index (χ4n) is 3.77. The van der Waals surface area contributed by atoms with Gasteiger partial charge in [-0.05, 0) is 56.0 Å². The molecule has 1 aromatic carbocycles. The first kappa shape index (κ1) is 17.5. The van der Waals surface area contributed by atoms with Crippen molar-refractivity contribution in [1.82, 2.24) is 5.32 Å². The SMILES string of the molecule is CC[C@@]1(C)C[C@@](CCNCc2ccccc2)(C(C)C)CCO1. The van der Waals surface area contributed by atoms with Gasteiger partial charge in [-0.25, -0.2) is 0 Å². The number of nitrogens with one attached hydrogen (secondary N) is 1. The zero-order valence-electron chi connectivity index (χ0n) is 14.8. The van der Waals surface area contributed by atoms with E-state index in [1.54, 1.807) is 0 Å². The van der Waals surface area contributed by atoms with Gasteiger partial charge in [0, 0.05) is 13.2 Å². The van der Waals surface area contributed by atoms with Crippen LogP contribution in [-0.2, 0) is 11.3 Å². The summed E-state index contributed by atoms with van der Waals surface area (Å²) in [6.07, 6.45) is 4.75. The van der Waals surface area contributed by atoms with E-state index in [2.05, 4.69) is 63.3 Å². The molecule has 2 atom stereocenters. The van der Waals surface area contributed by atoms with Gasteiger partial charge < -0.3 is 10.1 Å². The number of hydrogen-bond acceptors (Lipinski definition) is 2. The van der Waals surface area contributed by atoms with Gasteiger partial charge in [-0.1, -0.05) is 51.1 Å². The molecule has 1 aliphatic rings. The molecule has 2 heteroatoms. The van der Waals surface area contributed by atoms with Crippen molar-refractivity contribution in [2.24, 2.45) is 11.3 Å². The van der Waals surface area contributed by atoms with Crippen molar-refractivity contribution in [3.05, 3.63) is 35.9 Å². The Kier molecular flexibility index (Phi) is 6.05. The molecule has 1 fully saturated rings. The van der Waals surface area contributed by atoms with E-state index in [9.17, 15) is 0 Å². The first-order chi connectivity index (χ1) is 10.5. The van der Waals surface area contributed by atoms with E-state index in [0.29, 0.717) is 11.3 Å². The van der Waals surface area contributed by atoms with Crippen LogP contribution in [0.2, 0.25) is 0 Å². The van der Waals surface area contributed by atoms with Gasteiger partial charge in [0.15, 0.2) is 0 Å². The molecule has 1 saturated heterocycles. The van der Waals surface area contributed by atoms with E-state index >= 15 is 0 Å². The average molecular weight is 303 g/mol. The van der Waals surface area contributed by atoms with Crippen LogP contribution in [0, 0.1) is 11.3 Å². The molecule has 0 aliphatic carbocycles. The summed E-state index contributed by atoms with van der Waals surface area (Å²) < 4.78 is 6.08. The summed E-state index contributed by atoms with van der Waals surface area (Å²) in [6.45, 7) is 12.3. The Morgan fingerprint density at radius 1 is 1.23 bits per heavy atom. The average Bonchev–Trinajstić information content (AvgIpc) is 2.52. The van der Waals surface area contributed by atoms with E-state index in [4.69, 9.17) is 4.74 Å². The molecular weight excluding hydrogens is 270 g/mol. The van der Waals surface area contributed by atoms with Crippen LogP contribution in [0.4, 0.5) is 0 Å². The van der Waals surface area contributed by atoms with E-state index in [1.165, 1.54) is 24.8 Å². The standard InChI is InChI=1S/C20H33NO/c1-5-19(4)16-20(17(2)3,12-14-22-19)11-13-21-15-18-9-7-6-8-10-18/h6-10,17,21H,5,11-16H2,1-4H3/t19-,20-/m0/s1. The molecule has 22 heavy (non-hydrogen) atoms. The van der Waals surface area contributed by atoms with E-state index < -0.39 is 0 Å². The van der Waals surface area contributed by atoms with E-state index in [-0.39, 0.29) is 5.60 Å². The summed E-state index contributed by atoms with van der Waals surface area (Å²) >= 11 is 0. The quantitative estimate of drug-likeness (QED) is 0.731. The summed E-state index contributed by atoms with van der Waals surface area (Å²) in [6, 6.07) is 10.7. The molecule has 0 aromatic heterocycles. The van der Waals surface area contributed by atoms with Crippen LogP contribution < -0.4 is 5.32 Å². The lowest BCUT2D eigenvalue weighted by Crippen LogP contribution is -2.46. The molecule has 2 nitrogen and oxygen atoms in total. The van der Waals surface area contributed by atoms with Crippen LogP contribution in [0.5, 0.6) is 0 Å². The summed E-state index contributed by atoms with van der Waals surface area (Å²) in [5, 5.41) is 3.63. The van der Waals surface area contributed by atoms with Gasteiger partial charge in [0.25, 0.3) is 0 Å². The van der Waals surface area contributed by atoms with Gasteiger partial charge >= 0.3 is 0 Å². The predicted molar refractivity (Wildman–Crippen MR) is 93.9 cm³/mol. The largest absolute Gasteiger partial charge is 0.375 e. The summed E-state index contributed by atoms with van der Waals surface area (Å²) in [4.78, 5) is 0. The maximum absolute atomic E-state index is 6.08. The fourth-order valence-corrected chi connectivity index (χ4v) is 3.77. The topological polar surface area (TPSA) is 21.3 Å². The normalized spacial score (nSPS) is 29.0. The first-order valence-electron chi connectivity index (χ1n) is 8.88. The van der Waals surface area contributed by atoms with Crippen LogP contribution in [0.25, 0.3) is 0 Å². The second kappa shape index (κ2) is 7.61. The molecule has 0 amide bonds. The highest BCUT2D eigenvalue weighted by molar-refractivity contribution is 5.14. The lowest BCUT2D eigenvalue weighted by atomic mass is 9.64. The molecule has 0 spiro atoms. The van der Waals surface area contributed by atoms with Gasteiger partial charge in [0.05, 0.1) is 5.60 Å². The smallest absolute Gasteiger partial charge is 0.0657 e. The lowest BCUT2D eigenvalue weighted by molar-refractivity contribution is -0.132. The lowest BCUT2D eigenvalue weighted by Gasteiger charge is -2.49. The minimum atomic E-state index is 0.0714. The number of ether oxygens (including phenoxy) is 1. The Labute approximate surface area is 136 Å². The van der Waals surface area contributed by atoms with Crippen molar-refractivity contribution < 1.29 is 4.74 Å². The highest BCUT2D eigenvalue weighted by Crippen LogP contribution is 2.47. The van der Waals surface area contributed by atoms with Crippen molar-refractivity contribution in [3.63, 3.8) is 0 Å². The van der Waals surface area contributed by atoms with Crippen molar-refractivity contribution in [1.29, 1.82) is 0 Å². The summed E-state index contributed by atoms with van der Waals surface area (Å²) in [5.74, 6) is 0.709. The Bertz CT molecular complexity index is 444. The number of rotatable bonds is 7. The minimum absolute atomic E-state index is 0.0714. The third kappa shape index (κ3) is 4.33. The Hall–Kier alpha value is -0.860. The van der Waals surface area contributed by atoms with E-state index in [1.807, 2.05) is 0 Å². The van der Waals surface area contributed by atoms with Crippen LogP contribution in [-0.4, -0.2) is 18.8 Å². The van der Waals surface area contributed by atoms with E-state index in [0.717, 1.165) is 26.1 Å². The van der Waals surface area contributed by atoms with Gasteiger partial charge in [-0.15, -0.1) is 0 Å². The molecule has 0 bridgehead atoms. The van der Waals surface area contributed by atoms with Crippen LogP contribution in [0.3, 0.4) is 0 Å². The van der Waals surface area contributed by atoms with Crippen LogP contribution >= 0.6 is 0 Å². The third-order valence-corrected chi connectivity index (χ3v) is 5.72. The number of hydrogen-bond donors (Lipinski definition) is 1. The second-order valence-electron chi connectivity index (χ2n) is 7.51.